The standard InChI is InChI=1S/C22H20ClN/c1-15-21(16-8-3-2-4-9-16)19-12-5-6-13-20(19)24-22(15)17-10-7-11-18(23)14-17/h2-15,21-22,24H,1H3/t15-,21-,22+/m1/s1. The first-order valence-electron chi connectivity index (χ1n) is 8.40. The summed E-state index contributed by atoms with van der Waals surface area (Å²) in [7, 11) is 0. The second-order valence-electron chi connectivity index (χ2n) is 6.51. The molecule has 0 saturated carbocycles. The van der Waals surface area contributed by atoms with Crippen molar-refractivity contribution in [3.8, 4) is 0 Å². The predicted octanol–water partition coefficient (Wildman–Crippen LogP) is 6.27. The van der Waals surface area contributed by atoms with E-state index in [1.807, 2.05) is 12.1 Å². The SMILES string of the molecule is C[C@@H]1[C@H](c2ccccc2)c2ccccc2N[C@@H]1c1cccc(Cl)c1. The molecule has 120 valence electrons. The molecule has 0 unspecified atom stereocenters. The van der Waals surface area contributed by atoms with E-state index in [4.69, 9.17) is 11.6 Å². The maximum Gasteiger partial charge on any atom is 0.0549 e. The van der Waals surface area contributed by atoms with Crippen LogP contribution >= 0.6 is 11.6 Å². The van der Waals surface area contributed by atoms with Gasteiger partial charge in [-0.15, -0.1) is 0 Å². The highest BCUT2D eigenvalue weighted by Gasteiger charge is 2.35. The number of anilines is 1. The third kappa shape index (κ3) is 2.70. The van der Waals surface area contributed by atoms with Crippen LogP contribution in [0.25, 0.3) is 0 Å². The summed E-state index contributed by atoms with van der Waals surface area (Å²) in [5, 5.41) is 4.52. The summed E-state index contributed by atoms with van der Waals surface area (Å²) < 4.78 is 0. The van der Waals surface area contributed by atoms with Crippen LogP contribution in [0, 0.1) is 5.92 Å². The van der Waals surface area contributed by atoms with Gasteiger partial charge < -0.3 is 5.32 Å². The average Bonchev–Trinajstić information content (AvgIpc) is 2.62. The maximum absolute atomic E-state index is 6.24. The number of para-hydroxylation sites is 1. The minimum Gasteiger partial charge on any atom is -0.378 e. The van der Waals surface area contributed by atoms with Gasteiger partial charge in [-0.1, -0.05) is 79.2 Å². The molecule has 0 fully saturated rings. The minimum absolute atomic E-state index is 0.240. The maximum atomic E-state index is 6.24. The van der Waals surface area contributed by atoms with Crippen molar-refractivity contribution >= 4 is 17.3 Å². The normalized spacial score (nSPS) is 22.5. The van der Waals surface area contributed by atoms with Gasteiger partial charge in [0.2, 0.25) is 0 Å². The monoisotopic (exact) mass is 333 g/mol. The van der Waals surface area contributed by atoms with Crippen LogP contribution in [0.15, 0.2) is 78.9 Å². The van der Waals surface area contributed by atoms with Crippen LogP contribution in [0.5, 0.6) is 0 Å². The molecule has 0 spiro atoms. The lowest BCUT2D eigenvalue weighted by Gasteiger charge is -2.39. The lowest BCUT2D eigenvalue weighted by Crippen LogP contribution is -2.30. The van der Waals surface area contributed by atoms with Crippen molar-refractivity contribution in [3.63, 3.8) is 0 Å². The highest BCUT2D eigenvalue weighted by Crippen LogP contribution is 2.47. The van der Waals surface area contributed by atoms with Gasteiger partial charge in [0.15, 0.2) is 0 Å². The van der Waals surface area contributed by atoms with E-state index in [-0.39, 0.29) is 6.04 Å². The zero-order valence-electron chi connectivity index (χ0n) is 13.6. The van der Waals surface area contributed by atoms with Crippen LogP contribution in [0.2, 0.25) is 5.02 Å². The summed E-state index contributed by atoms with van der Waals surface area (Å²) in [6.45, 7) is 2.33. The van der Waals surface area contributed by atoms with E-state index < -0.39 is 0 Å². The molecule has 0 radical (unpaired) electrons. The molecule has 0 aromatic heterocycles. The van der Waals surface area contributed by atoms with Crippen LogP contribution in [0.1, 0.15) is 35.6 Å². The molecular formula is C22H20ClN. The van der Waals surface area contributed by atoms with Gasteiger partial charge in [0.25, 0.3) is 0 Å². The van der Waals surface area contributed by atoms with E-state index >= 15 is 0 Å². The third-order valence-corrected chi connectivity index (χ3v) is 5.26. The van der Waals surface area contributed by atoms with Crippen LogP contribution < -0.4 is 5.32 Å². The highest BCUT2D eigenvalue weighted by atomic mass is 35.5. The molecule has 0 aliphatic carbocycles. The molecule has 1 nitrogen and oxygen atoms in total. The van der Waals surface area contributed by atoms with Gasteiger partial charge >= 0.3 is 0 Å². The second-order valence-corrected chi connectivity index (χ2v) is 6.95. The van der Waals surface area contributed by atoms with Crippen LogP contribution in [-0.2, 0) is 0 Å². The van der Waals surface area contributed by atoms with Crippen molar-refractivity contribution < 1.29 is 0 Å². The molecule has 24 heavy (non-hydrogen) atoms. The molecule has 1 aliphatic heterocycles. The number of halogens is 1. The van der Waals surface area contributed by atoms with Crippen molar-refractivity contribution in [3.05, 3.63) is 101 Å². The first-order chi connectivity index (χ1) is 11.7. The molecule has 0 saturated heterocycles. The van der Waals surface area contributed by atoms with Gasteiger partial charge in [-0.2, -0.15) is 0 Å². The van der Waals surface area contributed by atoms with Gasteiger partial charge in [0.1, 0.15) is 0 Å². The van der Waals surface area contributed by atoms with Crippen molar-refractivity contribution in [2.75, 3.05) is 5.32 Å². The van der Waals surface area contributed by atoms with E-state index in [0.29, 0.717) is 11.8 Å². The van der Waals surface area contributed by atoms with E-state index in [1.165, 1.54) is 22.4 Å². The predicted molar refractivity (Wildman–Crippen MR) is 102 cm³/mol. The second kappa shape index (κ2) is 6.33. The number of nitrogens with one attached hydrogen (secondary N) is 1. The molecule has 2 heteroatoms. The summed E-state index contributed by atoms with van der Waals surface area (Å²) in [5.74, 6) is 0.786. The Balaban J connectivity index is 1.83. The summed E-state index contributed by atoms with van der Waals surface area (Å²) in [6, 6.07) is 27.9. The molecule has 1 heterocycles. The molecule has 3 aromatic carbocycles. The molecule has 4 rings (SSSR count). The molecule has 0 bridgehead atoms. The Morgan fingerprint density at radius 3 is 2.29 bits per heavy atom. The molecule has 1 N–H and O–H groups in total. The Labute approximate surface area is 148 Å². The number of rotatable bonds is 2. The summed E-state index contributed by atoms with van der Waals surface area (Å²) >= 11 is 6.24. The average molecular weight is 334 g/mol. The first kappa shape index (κ1) is 15.3. The molecule has 3 aromatic rings. The van der Waals surface area contributed by atoms with E-state index in [9.17, 15) is 0 Å². The fraction of sp³-hybridized carbons (Fsp3) is 0.182. The fourth-order valence-corrected chi connectivity index (χ4v) is 4.10. The topological polar surface area (TPSA) is 12.0 Å². The Kier molecular flexibility index (Phi) is 4.03. The van der Waals surface area contributed by atoms with Crippen LogP contribution in [0.3, 0.4) is 0 Å². The molecule has 1 aliphatic rings. The first-order valence-corrected chi connectivity index (χ1v) is 8.78. The number of fused-ring (bicyclic) bond motifs is 1. The van der Waals surface area contributed by atoms with Gasteiger partial charge in [-0.25, -0.2) is 0 Å². The molecular weight excluding hydrogens is 314 g/mol. The number of hydrogen-bond acceptors (Lipinski definition) is 1. The van der Waals surface area contributed by atoms with Crippen LogP contribution in [-0.4, -0.2) is 0 Å². The van der Waals surface area contributed by atoms with Crippen LogP contribution in [0.4, 0.5) is 5.69 Å². The van der Waals surface area contributed by atoms with Gasteiger partial charge in [-0.05, 0) is 40.8 Å². The van der Waals surface area contributed by atoms with E-state index in [1.54, 1.807) is 0 Å². The van der Waals surface area contributed by atoms with E-state index in [2.05, 4.69) is 79.0 Å². The quantitative estimate of drug-likeness (QED) is 0.582. The largest absolute Gasteiger partial charge is 0.378 e. The summed E-state index contributed by atoms with van der Waals surface area (Å²) in [4.78, 5) is 0. The summed E-state index contributed by atoms with van der Waals surface area (Å²) in [6.07, 6.45) is 0. The van der Waals surface area contributed by atoms with E-state index in [0.717, 1.165) is 5.02 Å². The molecule has 0 amide bonds. The highest BCUT2D eigenvalue weighted by molar-refractivity contribution is 6.30. The summed E-state index contributed by atoms with van der Waals surface area (Å²) in [5.41, 5.74) is 5.19. The Morgan fingerprint density at radius 1 is 0.792 bits per heavy atom. The van der Waals surface area contributed by atoms with Gasteiger partial charge in [0, 0.05) is 16.6 Å². The Bertz CT molecular complexity index is 843. The van der Waals surface area contributed by atoms with Crippen molar-refractivity contribution in [1.29, 1.82) is 0 Å². The zero-order valence-corrected chi connectivity index (χ0v) is 14.4. The molecule has 3 atom stereocenters. The zero-order chi connectivity index (χ0) is 16.5. The fourth-order valence-electron chi connectivity index (χ4n) is 3.90. The lowest BCUT2D eigenvalue weighted by atomic mass is 9.73. The number of benzene rings is 3. The smallest absolute Gasteiger partial charge is 0.0549 e. The van der Waals surface area contributed by atoms with Crippen molar-refractivity contribution in [1.82, 2.24) is 0 Å². The third-order valence-electron chi connectivity index (χ3n) is 5.02. The van der Waals surface area contributed by atoms with Crippen molar-refractivity contribution in [2.24, 2.45) is 5.92 Å². The lowest BCUT2D eigenvalue weighted by molar-refractivity contribution is 0.428. The Hall–Kier alpha value is -2.25. The number of hydrogen-bond donors (Lipinski definition) is 1. The minimum atomic E-state index is 0.240. The van der Waals surface area contributed by atoms with Crippen molar-refractivity contribution in [2.45, 2.75) is 18.9 Å². The Morgan fingerprint density at radius 2 is 1.50 bits per heavy atom. The van der Waals surface area contributed by atoms with Gasteiger partial charge in [0.05, 0.1) is 6.04 Å². The van der Waals surface area contributed by atoms with Gasteiger partial charge in [-0.3, -0.25) is 0 Å².